The number of alkyl halides is 2. The van der Waals surface area contributed by atoms with Gasteiger partial charge in [0.1, 0.15) is 5.75 Å². The van der Waals surface area contributed by atoms with E-state index in [0.29, 0.717) is 23.1 Å². The van der Waals surface area contributed by atoms with Gasteiger partial charge in [-0.3, -0.25) is 9.67 Å². The molecule has 0 atom stereocenters. The van der Waals surface area contributed by atoms with Crippen molar-refractivity contribution in [2.45, 2.75) is 19.6 Å². The maximum Gasteiger partial charge on any atom is 0.387 e. The number of guanidine groups is 1. The molecule has 0 aliphatic carbocycles. The van der Waals surface area contributed by atoms with E-state index in [1.165, 1.54) is 12.1 Å². The predicted molar refractivity (Wildman–Crippen MR) is 93.2 cm³/mol. The second-order valence-electron chi connectivity index (χ2n) is 5.26. The van der Waals surface area contributed by atoms with Crippen LogP contribution in [0.1, 0.15) is 11.1 Å². The fourth-order valence-corrected chi connectivity index (χ4v) is 2.42. The minimum absolute atomic E-state index is 0.0812. The Morgan fingerprint density at radius 2 is 2.20 bits per heavy atom. The highest BCUT2D eigenvalue weighted by Gasteiger charge is 2.11. The van der Waals surface area contributed by atoms with Crippen LogP contribution in [0.5, 0.6) is 5.75 Å². The maximum absolute atomic E-state index is 12.5. The summed E-state index contributed by atoms with van der Waals surface area (Å²) in [6, 6.07) is 4.50. The van der Waals surface area contributed by atoms with Crippen molar-refractivity contribution < 1.29 is 13.5 Å². The van der Waals surface area contributed by atoms with E-state index in [-0.39, 0.29) is 12.3 Å². The van der Waals surface area contributed by atoms with Gasteiger partial charge in [-0.1, -0.05) is 11.6 Å². The van der Waals surface area contributed by atoms with E-state index in [9.17, 15) is 8.78 Å². The molecule has 1 aromatic carbocycles. The second-order valence-corrected chi connectivity index (χ2v) is 5.69. The lowest BCUT2D eigenvalue weighted by Gasteiger charge is -2.14. The van der Waals surface area contributed by atoms with Crippen molar-refractivity contribution in [2.75, 3.05) is 13.6 Å². The van der Waals surface area contributed by atoms with Gasteiger partial charge in [-0.25, -0.2) is 0 Å². The van der Waals surface area contributed by atoms with Gasteiger partial charge in [0, 0.05) is 44.0 Å². The lowest BCUT2D eigenvalue weighted by atomic mass is 10.2. The normalized spacial score (nSPS) is 11.7. The quantitative estimate of drug-likeness (QED) is 0.580. The molecular weight excluding hydrogens is 352 g/mol. The topological polar surface area (TPSA) is 63.5 Å². The number of nitrogens with zero attached hydrogens (tertiary/aromatic N) is 3. The third kappa shape index (κ3) is 6.22. The van der Waals surface area contributed by atoms with Crippen LogP contribution < -0.4 is 15.4 Å². The highest BCUT2D eigenvalue weighted by Crippen LogP contribution is 2.24. The van der Waals surface area contributed by atoms with E-state index in [0.717, 1.165) is 12.0 Å². The summed E-state index contributed by atoms with van der Waals surface area (Å²) in [7, 11) is 3.50. The van der Waals surface area contributed by atoms with Gasteiger partial charge in [-0.05, 0) is 30.2 Å². The van der Waals surface area contributed by atoms with E-state index in [1.807, 2.05) is 13.2 Å². The smallest absolute Gasteiger partial charge is 0.387 e. The van der Waals surface area contributed by atoms with Crippen LogP contribution in [0.15, 0.2) is 35.6 Å². The zero-order chi connectivity index (χ0) is 18.2. The number of hydrogen-bond acceptors (Lipinski definition) is 3. The van der Waals surface area contributed by atoms with E-state index >= 15 is 0 Å². The Labute approximate surface area is 149 Å². The second kappa shape index (κ2) is 9.22. The molecule has 25 heavy (non-hydrogen) atoms. The van der Waals surface area contributed by atoms with Crippen molar-refractivity contribution in [2.24, 2.45) is 12.0 Å². The Hall–Kier alpha value is -2.35. The standard InChI is InChI=1S/C16H20ClF2N5O/c1-20-16(21-6-5-11-8-23-24(2)10-11)22-9-12-7-13(17)3-4-14(12)25-15(18)19/h3-4,7-8,10,15H,5-6,9H2,1-2H3,(H2,20,21,22). The van der Waals surface area contributed by atoms with Crippen LogP contribution in [0.4, 0.5) is 8.78 Å². The summed E-state index contributed by atoms with van der Waals surface area (Å²) < 4.78 is 31.2. The molecule has 0 saturated carbocycles. The third-order valence-electron chi connectivity index (χ3n) is 3.37. The van der Waals surface area contributed by atoms with Crippen LogP contribution in [-0.4, -0.2) is 35.9 Å². The van der Waals surface area contributed by atoms with Crippen molar-refractivity contribution >= 4 is 17.6 Å². The summed E-state index contributed by atoms with van der Waals surface area (Å²) in [5, 5.41) is 10.8. The fraction of sp³-hybridized carbons (Fsp3) is 0.375. The molecule has 136 valence electrons. The van der Waals surface area contributed by atoms with Gasteiger partial charge in [0.25, 0.3) is 0 Å². The van der Waals surface area contributed by atoms with Gasteiger partial charge in [0.2, 0.25) is 0 Å². The van der Waals surface area contributed by atoms with Crippen LogP contribution in [0.25, 0.3) is 0 Å². The van der Waals surface area contributed by atoms with Crippen LogP contribution in [0.3, 0.4) is 0 Å². The molecule has 0 saturated heterocycles. The van der Waals surface area contributed by atoms with Crippen molar-refractivity contribution in [3.8, 4) is 5.75 Å². The van der Waals surface area contributed by atoms with Crippen molar-refractivity contribution in [3.63, 3.8) is 0 Å². The molecule has 1 heterocycles. The molecule has 0 aliphatic heterocycles. The summed E-state index contributed by atoms with van der Waals surface area (Å²) >= 11 is 5.93. The molecule has 0 fully saturated rings. The van der Waals surface area contributed by atoms with Gasteiger partial charge in [-0.2, -0.15) is 13.9 Å². The SMILES string of the molecule is CN=C(NCCc1cnn(C)c1)NCc1cc(Cl)ccc1OC(F)F. The largest absolute Gasteiger partial charge is 0.434 e. The van der Waals surface area contributed by atoms with E-state index in [2.05, 4.69) is 25.5 Å². The molecular formula is C16H20ClF2N5O. The maximum atomic E-state index is 12.5. The number of rotatable bonds is 7. The Bertz CT molecular complexity index is 720. The summed E-state index contributed by atoms with van der Waals surface area (Å²) in [5.41, 5.74) is 1.62. The Morgan fingerprint density at radius 3 is 2.84 bits per heavy atom. The number of ether oxygens (including phenoxy) is 1. The fourth-order valence-electron chi connectivity index (χ4n) is 2.22. The van der Waals surface area contributed by atoms with Gasteiger partial charge < -0.3 is 15.4 Å². The Kier molecular flexibility index (Phi) is 7.00. The first-order chi connectivity index (χ1) is 12.0. The third-order valence-corrected chi connectivity index (χ3v) is 3.61. The zero-order valence-corrected chi connectivity index (χ0v) is 14.7. The molecule has 2 rings (SSSR count). The molecule has 2 N–H and O–H groups in total. The van der Waals surface area contributed by atoms with Crippen molar-refractivity contribution in [1.82, 2.24) is 20.4 Å². The molecule has 0 bridgehead atoms. The molecule has 0 unspecified atom stereocenters. The minimum Gasteiger partial charge on any atom is -0.434 e. The van der Waals surface area contributed by atoms with Gasteiger partial charge >= 0.3 is 6.61 Å². The Balaban J connectivity index is 1.88. The molecule has 0 amide bonds. The Morgan fingerprint density at radius 1 is 1.40 bits per heavy atom. The molecule has 1 aromatic heterocycles. The minimum atomic E-state index is -2.89. The average molecular weight is 372 g/mol. The predicted octanol–water partition coefficient (Wildman–Crippen LogP) is 2.58. The molecule has 0 spiro atoms. The number of benzene rings is 1. The summed E-state index contributed by atoms with van der Waals surface area (Å²) in [6.07, 6.45) is 4.53. The van der Waals surface area contributed by atoms with Gasteiger partial charge in [-0.15, -0.1) is 0 Å². The van der Waals surface area contributed by atoms with Crippen molar-refractivity contribution in [3.05, 3.63) is 46.7 Å². The van der Waals surface area contributed by atoms with Crippen molar-refractivity contribution in [1.29, 1.82) is 0 Å². The van der Waals surface area contributed by atoms with Crippen LogP contribution in [0, 0.1) is 0 Å². The highest BCUT2D eigenvalue weighted by molar-refractivity contribution is 6.30. The molecule has 2 aromatic rings. The number of halogens is 3. The first-order valence-electron chi connectivity index (χ1n) is 7.63. The summed E-state index contributed by atoms with van der Waals surface area (Å²) in [5.74, 6) is 0.629. The van der Waals surface area contributed by atoms with Crippen LogP contribution >= 0.6 is 11.6 Å². The average Bonchev–Trinajstić information content (AvgIpc) is 2.98. The molecule has 0 radical (unpaired) electrons. The van der Waals surface area contributed by atoms with Gasteiger partial charge in [0.15, 0.2) is 5.96 Å². The number of aliphatic imine (C=N–C) groups is 1. The molecule has 9 heteroatoms. The van der Waals surface area contributed by atoms with Crippen LogP contribution in [-0.2, 0) is 20.0 Å². The summed E-state index contributed by atoms with van der Waals surface area (Å²) in [4.78, 5) is 4.10. The number of aromatic nitrogens is 2. The molecule has 6 nitrogen and oxygen atoms in total. The first kappa shape index (κ1) is 19.0. The van der Waals surface area contributed by atoms with Crippen LogP contribution in [0.2, 0.25) is 5.02 Å². The number of nitrogens with one attached hydrogen (secondary N) is 2. The highest BCUT2D eigenvalue weighted by atomic mass is 35.5. The number of hydrogen-bond donors (Lipinski definition) is 2. The lowest BCUT2D eigenvalue weighted by Crippen LogP contribution is -2.37. The number of aryl methyl sites for hydroxylation is 1. The van der Waals surface area contributed by atoms with Gasteiger partial charge in [0.05, 0.1) is 6.20 Å². The van der Waals surface area contributed by atoms with E-state index in [4.69, 9.17) is 11.6 Å². The van der Waals surface area contributed by atoms with E-state index in [1.54, 1.807) is 24.0 Å². The first-order valence-corrected chi connectivity index (χ1v) is 8.01. The lowest BCUT2D eigenvalue weighted by molar-refractivity contribution is -0.0504. The summed E-state index contributed by atoms with van der Waals surface area (Å²) in [6.45, 7) is -1.99. The van der Waals surface area contributed by atoms with E-state index < -0.39 is 6.61 Å². The molecule has 0 aliphatic rings. The monoisotopic (exact) mass is 371 g/mol. The zero-order valence-electron chi connectivity index (χ0n) is 14.0.